The van der Waals surface area contributed by atoms with Crippen LogP contribution in [0.15, 0.2) is 18.2 Å². The van der Waals surface area contributed by atoms with Gasteiger partial charge >= 0.3 is 0 Å². The summed E-state index contributed by atoms with van der Waals surface area (Å²) in [7, 11) is 0. The van der Waals surface area contributed by atoms with E-state index in [4.69, 9.17) is 0 Å². The van der Waals surface area contributed by atoms with Gasteiger partial charge in [-0.1, -0.05) is 13.0 Å². The molecule has 1 aliphatic rings. The number of hydrogen-bond acceptors (Lipinski definition) is 3. The van der Waals surface area contributed by atoms with Crippen LogP contribution in [0, 0.1) is 17.1 Å². The molecule has 1 heterocycles. The maximum atomic E-state index is 13.3. The number of nitrogens with zero attached hydrogens (tertiary/aromatic N) is 2. The minimum atomic E-state index is -0.459. The zero-order chi connectivity index (χ0) is 14.6. The standard InChI is InChI=1S/C16H22FN3/c1-3-19-16(2,12-18)8-4-9-20-10-7-13-5-6-14(17)11-15(13)20/h5-6,11,19H,3-4,7-10H2,1-2H3. The van der Waals surface area contributed by atoms with Gasteiger partial charge in [0.1, 0.15) is 11.4 Å². The molecular weight excluding hydrogens is 253 g/mol. The minimum absolute atomic E-state index is 0.176. The quantitative estimate of drug-likeness (QED) is 0.867. The van der Waals surface area contributed by atoms with Crippen molar-refractivity contribution < 1.29 is 4.39 Å². The van der Waals surface area contributed by atoms with Gasteiger partial charge in [0.15, 0.2) is 0 Å². The van der Waals surface area contributed by atoms with E-state index in [-0.39, 0.29) is 5.82 Å². The monoisotopic (exact) mass is 275 g/mol. The van der Waals surface area contributed by atoms with Crippen molar-refractivity contribution in [1.82, 2.24) is 5.32 Å². The molecule has 20 heavy (non-hydrogen) atoms. The van der Waals surface area contributed by atoms with Gasteiger partial charge in [0.05, 0.1) is 6.07 Å². The second-order valence-electron chi connectivity index (χ2n) is 5.59. The van der Waals surface area contributed by atoms with E-state index in [1.54, 1.807) is 6.07 Å². The second kappa shape index (κ2) is 6.23. The summed E-state index contributed by atoms with van der Waals surface area (Å²) in [4.78, 5) is 2.22. The topological polar surface area (TPSA) is 39.1 Å². The number of nitrogens with one attached hydrogen (secondary N) is 1. The van der Waals surface area contributed by atoms with Crippen molar-refractivity contribution in [2.75, 3.05) is 24.5 Å². The molecule has 1 aromatic carbocycles. The molecule has 0 bridgehead atoms. The van der Waals surface area contributed by atoms with Gasteiger partial charge in [-0.2, -0.15) is 5.26 Å². The van der Waals surface area contributed by atoms with E-state index >= 15 is 0 Å². The molecule has 1 atom stereocenters. The molecule has 108 valence electrons. The lowest BCUT2D eigenvalue weighted by molar-refractivity contribution is 0.417. The molecule has 1 unspecified atom stereocenters. The molecule has 1 aliphatic heterocycles. The average molecular weight is 275 g/mol. The van der Waals surface area contributed by atoms with Crippen LogP contribution >= 0.6 is 0 Å². The molecule has 0 aliphatic carbocycles. The summed E-state index contributed by atoms with van der Waals surface area (Å²) < 4.78 is 13.3. The van der Waals surface area contributed by atoms with Crippen molar-refractivity contribution in [3.63, 3.8) is 0 Å². The van der Waals surface area contributed by atoms with Crippen molar-refractivity contribution in [3.8, 4) is 6.07 Å². The van der Waals surface area contributed by atoms with E-state index < -0.39 is 5.54 Å². The first-order valence-electron chi connectivity index (χ1n) is 7.27. The van der Waals surface area contributed by atoms with E-state index in [0.717, 1.165) is 44.6 Å². The predicted molar refractivity (Wildman–Crippen MR) is 79.2 cm³/mol. The SMILES string of the molecule is CCNC(C)(C#N)CCCN1CCc2ccc(F)cc21. The molecule has 0 fully saturated rings. The number of benzene rings is 1. The van der Waals surface area contributed by atoms with E-state index in [9.17, 15) is 9.65 Å². The fraction of sp³-hybridized carbons (Fsp3) is 0.562. The first-order valence-corrected chi connectivity index (χ1v) is 7.27. The van der Waals surface area contributed by atoms with Crippen LogP contribution in [0.3, 0.4) is 0 Å². The molecule has 0 saturated carbocycles. The number of anilines is 1. The third kappa shape index (κ3) is 3.29. The van der Waals surface area contributed by atoms with Gasteiger partial charge in [-0.3, -0.25) is 5.32 Å². The Labute approximate surface area is 120 Å². The molecule has 0 aromatic heterocycles. The van der Waals surface area contributed by atoms with Gasteiger partial charge in [-0.15, -0.1) is 0 Å². The second-order valence-corrected chi connectivity index (χ2v) is 5.59. The molecular formula is C16H22FN3. The van der Waals surface area contributed by atoms with Crippen molar-refractivity contribution in [1.29, 1.82) is 5.26 Å². The summed E-state index contributed by atoms with van der Waals surface area (Å²) in [6, 6.07) is 7.37. The van der Waals surface area contributed by atoms with Crippen LogP contribution in [-0.4, -0.2) is 25.2 Å². The van der Waals surface area contributed by atoms with Gasteiger partial charge in [0, 0.05) is 18.8 Å². The summed E-state index contributed by atoms with van der Waals surface area (Å²) >= 11 is 0. The number of fused-ring (bicyclic) bond motifs is 1. The van der Waals surface area contributed by atoms with Crippen LogP contribution in [0.1, 0.15) is 32.3 Å². The lowest BCUT2D eigenvalue weighted by Gasteiger charge is -2.25. The molecule has 0 spiro atoms. The van der Waals surface area contributed by atoms with Gasteiger partial charge in [-0.05, 0) is 50.4 Å². The number of nitriles is 1. The van der Waals surface area contributed by atoms with Gasteiger partial charge in [-0.25, -0.2) is 4.39 Å². The Kier molecular flexibility index (Phi) is 4.61. The third-order valence-electron chi connectivity index (χ3n) is 3.96. The Morgan fingerprint density at radius 1 is 1.50 bits per heavy atom. The first kappa shape index (κ1) is 14.8. The van der Waals surface area contributed by atoms with Crippen LogP contribution in [0.25, 0.3) is 0 Å². The largest absolute Gasteiger partial charge is 0.371 e. The molecule has 2 rings (SSSR count). The molecule has 0 radical (unpaired) electrons. The highest BCUT2D eigenvalue weighted by Crippen LogP contribution is 2.29. The highest BCUT2D eigenvalue weighted by Gasteiger charge is 2.24. The Morgan fingerprint density at radius 3 is 3.00 bits per heavy atom. The highest BCUT2D eigenvalue weighted by atomic mass is 19.1. The summed E-state index contributed by atoms with van der Waals surface area (Å²) in [5.41, 5.74) is 1.78. The molecule has 1 N–H and O–H groups in total. The Morgan fingerprint density at radius 2 is 2.30 bits per heavy atom. The van der Waals surface area contributed by atoms with Gasteiger partial charge in [0.2, 0.25) is 0 Å². The molecule has 4 heteroatoms. The van der Waals surface area contributed by atoms with E-state index in [2.05, 4.69) is 16.3 Å². The van der Waals surface area contributed by atoms with E-state index in [1.807, 2.05) is 19.9 Å². The predicted octanol–water partition coefficient (Wildman–Crippen LogP) is 2.86. The summed E-state index contributed by atoms with van der Waals surface area (Å²) in [6.45, 7) is 6.56. The number of rotatable bonds is 6. The normalized spacial score (nSPS) is 16.6. The van der Waals surface area contributed by atoms with Crippen molar-refractivity contribution >= 4 is 5.69 Å². The summed E-state index contributed by atoms with van der Waals surface area (Å²) in [5, 5.41) is 12.4. The maximum absolute atomic E-state index is 13.3. The fourth-order valence-electron chi connectivity index (χ4n) is 2.85. The first-order chi connectivity index (χ1) is 9.58. The molecule has 1 aromatic rings. The molecule has 0 saturated heterocycles. The van der Waals surface area contributed by atoms with E-state index in [1.165, 1.54) is 11.6 Å². The molecule has 0 amide bonds. The van der Waals surface area contributed by atoms with Crippen LogP contribution < -0.4 is 10.2 Å². The zero-order valence-corrected chi connectivity index (χ0v) is 12.2. The van der Waals surface area contributed by atoms with Crippen LogP contribution in [0.5, 0.6) is 0 Å². The third-order valence-corrected chi connectivity index (χ3v) is 3.96. The van der Waals surface area contributed by atoms with Gasteiger partial charge in [0.25, 0.3) is 0 Å². The lowest BCUT2D eigenvalue weighted by Crippen LogP contribution is -2.41. The van der Waals surface area contributed by atoms with Crippen molar-refractivity contribution in [2.24, 2.45) is 0 Å². The Hall–Kier alpha value is -1.60. The maximum Gasteiger partial charge on any atom is 0.125 e. The Bertz CT molecular complexity index is 509. The average Bonchev–Trinajstić information content (AvgIpc) is 2.82. The van der Waals surface area contributed by atoms with Crippen molar-refractivity contribution in [3.05, 3.63) is 29.6 Å². The number of hydrogen-bond donors (Lipinski definition) is 1. The minimum Gasteiger partial charge on any atom is -0.371 e. The zero-order valence-electron chi connectivity index (χ0n) is 12.2. The van der Waals surface area contributed by atoms with Crippen LogP contribution in [0.4, 0.5) is 10.1 Å². The smallest absolute Gasteiger partial charge is 0.125 e. The van der Waals surface area contributed by atoms with Crippen molar-refractivity contribution in [2.45, 2.75) is 38.6 Å². The Balaban J connectivity index is 1.91. The highest BCUT2D eigenvalue weighted by molar-refractivity contribution is 5.58. The summed E-state index contributed by atoms with van der Waals surface area (Å²) in [5.74, 6) is -0.176. The van der Waals surface area contributed by atoms with Gasteiger partial charge < -0.3 is 4.90 Å². The lowest BCUT2D eigenvalue weighted by atomic mass is 9.97. The fourth-order valence-corrected chi connectivity index (χ4v) is 2.85. The van der Waals surface area contributed by atoms with Crippen LogP contribution in [-0.2, 0) is 6.42 Å². The number of halogens is 1. The summed E-state index contributed by atoms with van der Waals surface area (Å²) in [6.07, 6.45) is 2.71. The van der Waals surface area contributed by atoms with E-state index in [0.29, 0.717) is 0 Å². The molecule has 3 nitrogen and oxygen atoms in total. The van der Waals surface area contributed by atoms with Crippen LogP contribution in [0.2, 0.25) is 0 Å².